The van der Waals surface area contributed by atoms with E-state index in [2.05, 4.69) is 10.0 Å². The van der Waals surface area contributed by atoms with Crippen molar-refractivity contribution >= 4 is 27.4 Å². The predicted octanol–water partition coefficient (Wildman–Crippen LogP) is 4.51. The van der Waals surface area contributed by atoms with E-state index in [0.717, 1.165) is 48.1 Å². The Bertz CT molecular complexity index is 1060. The number of anilines is 2. The molecule has 2 amide bonds. The normalized spacial score (nSPS) is 16.9. The van der Waals surface area contributed by atoms with Crippen LogP contribution >= 0.6 is 0 Å². The summed E-state index contributed by atoms with van der Waals surface area (Å²) in [4.78, 5) is 14.7. The van der Waals surface area contributed by atoms with Gasteiger partial charge in [-0.25, -0.2) is 13.2 Å². The molecule has 1 aliphatic heterocycles. The summed E-state index contributed by atoms with van der Waals surface area (Å²) in [5, 5.41) is 3.15. The largest absolute Gasteiger partial charge is 0.335 e. The molecule has 1 aliphatic carbocycles. The minimum absolute atomic E-state index is 0.0789. The van der Waals surface area contributed by atoms with Gasteiger partial charge in [0, 0.05) is 18.3 Å². The van der Waals surface area contributed by atoms with Gasteiger partial charge in [-0.3, -0.25) is 9.62 Å². The van der Waals surface area contributed by atoms with E-state index < -0.39 is 10.0 Å². The first-order valence-electron chi connectivity index (χ1n) is 10.6. The third-order valence-corrected chi connectivity index (χ3v) is 7.65. The number of amides is 2. The van der Waals surface area contributed by atoms with E-state index in [0.29, 0.717) is 18.7 Å². The Morgan fingerprint density at radius 1 is 1.07 bits per heavy atom. The Morgan fingerprint density at radius 3 is 2.60 bits per heavy atom. The van der Waals surface area contributed by atoms with Crippen molar-refractivity contribution in [1.29, 1.82) is 0 Å². The fraction of sp³-hybridized carbons (Fsp3) is 0.435. The molecule has 1 heterocycles. The van der Waals surface area contributed by atoms with E-state index >= 15 is 0 Å². The van der Waals surface area contributed by atoms with Gasteiger partial charge in [-0.05, 0) is 74.1 Å². The molecule has 0 unspecified atom stereocenters. The molecule has 6 nitrogen and oxygen atoms in total. The number of fused-ring (bicyclic) bond motifs is 1. The Labute approximate surface area is 178 Å². The van der Waals surface area contributed by atoms with Crippen molar-refractivity contribution in [2.75, 3.05) is 16.2 Å². The zero-order valence-corrected chi connectivity index (χ0v) is 18.4. The second-order valence-electron chi connectivity index (χ2n) is 8.33. The molecule has 2 N–H and O–H groups in total. The van der Waals surface area contributed by atoms with Crippen LogP contribution in [-0.2, 0) is 16.4 Å². The van der Waals surface area contributed by atoms with Crippen LogP contribution in [0.3, 0.4) is 0 Å². The molecule has 0 atom stereocenters. The molecule has 2 aliphatic rings. The molecule has 0 saturated heterocycles. The summed E-state index contributed by atoms with van der Waals surface area (Å²) in [6.45, 7) is 4.43. The average molecular weight is 428 g/mol. The molecule has 30 heavy (non-hydrogen) atoms. The van der Waals surface area contributed by atoms with Crippen molar-refractivity contribution < 1.29 is 13.2 Å². The number of aryl methyl sites for hydroxylation is 1. The fourth-order valence-corrected chi connectivity index (χ4v) is 5.49. The van der Waals surface area contributed by atoms with E-state index in [1.165, 1.54) is 6.42 Å². The van der Waals surface area contributed by atoms with E-state index in [9.17, 15) is 13.2 Å². The Balaban J connectivity index is 1.51. The van der Waals surface area contributed by atoms with Crippen LogP contribution in [0.2, 0.25) is 0 Å². The van der Waals surface area contributed by atoms with Gasteiger partial charge < -0.3 is 5.32 Å². The molecular weight excluding hydrogens is 398 g/mol. The highest BCUT2D eigenvalue weighted by molar-refractivity contribution is 7.92. The van der Waals surface area contributed by atoms with Gasteiger partial charge in [0.25, 0.3) is 10.0 Å². The SMILES string of the molecule is Cc1cccc(NS(=O)(=O)c2ccc3c(c2)CCN3C(=O)NC2CCCCC2)c1C. The second kappa shape index (κ2) is 8.30. The van der Waals surface area contributed by atoms with Crippen LogP contribution in [0.1, 0.15) is 48.8 Å². The molecule has 0 spiro atoms. The van der Waals surface area contributed by atoms with Crippen molar-refractivity contribution in [1.82, 2.24) is 5.32 Å². The van der Waals surface area contributed by atoms with Crippen molar-refractivity contribution in [3.63, 3.8) is 0 Å². The van der Waals surface area contributed by atoms with Gasteiger partial charge in [-0.2, -0.15) is 0 Å². The lowest BCUT2D eigenvalue weighted by atomic mass is 9.96. The maximum Gasteiger partial charge on any atom is 0.322 e. The number of hydrogen-bond acceptors (Lipinski definition) is 3. The number of hydrogen-bond donors (Lipinski definition) is 2. The van der Waals surface area contributed by atoms with Crippen LogP contribution in [0.25, 0.3) is 0 Å². The summed E-state index contributed by atoms with van der Waals surface area (Å²) in [5.74, 6) is 0. The monoisotopic (exact) mass is 427 g/mol. The number of nitrogens with zero attached hydrogens (tertiary/aromatic N) is 1. The van der Waals surface area contributed by atoms with Crippen LogP contribution in [0.5, 0.6) is 0 Å². The topological polar surface area (TPSA) is 78.5 Å². The van der Waals surface area contributed by atoms with Crippen LogP contribution in [0.4, 0.5) is 16.2 Å². The highest BCUT2D eigenvalue weighted by Gasteiger charge is 2.28. The fourth-order valence-electron chi connectivity index (χ4n) is 4.32. The van der Waals surface area contributed by atoms with E-state index in [1.807, 2.05) is 26.0 Å². The third kappa shape index (κ3) is 4.17. The van der Waals surface area contributed by atoms with Crippen LogP contribution in [-0.4, -0.2) is 27.0 Å². The molecule has 1 saturated carbocycles. The Hall–Kier alpha value is -2.54. The summed E-state index contributed by atoms with van der Waals surface area (Å²) >= 11 is 0. The Kier molecular flexibility index (Phi) is 5.73. The zero-order chi connectivity index (χ0) is 21.3. The molecule has 0 radical (unpaired) electrons. The molecule has 0 bridgehead atoms. The first kappa shape index (κ1) is 20.7. The summed E-state index contributed by atoms with van der Waals surface area (Å²) < 4.78 is 28.6. The molecular formula is C23H29N3O3S. The minimum atomic E-state index is -3.70. The number of carbonyl (C=O) groups excluding carboxylic acids is 1. The lowest BCUT2D eigenvalue weighted by molar-refractivity contribution is 0.238. The first-order valence-corrected chi connectivity index (χ1v) is 12.1. The van der Waals surface area contributed by atoms with Gasteiger partial charge >= 0.3 is 6.03 Å². The number of urea groups is 1. The second-order valence-corrected chi connectivity index (χ2v) is 10.0. The molecule has 7 heteroatoms. The lowest BCUT2D eigenvalue weighted by Crippen LogP contribution is -2.45. The van der Waals surface area contributed by atoms with Crippen molar-refractivity contribution in [2.24, 2.45) is 0 Å². The van der Waals surface area contributed by atoms with E-state index in [4.69, 9.17) is 0 Å². The smallest absolute Gasteiger partial charge is 0.322 e. The molecule has 2 aromatic carbocycles. The van der Waals surface area contributed by atoms with Gasteiger partial charge in [0.05, 0.1) is 10.6 Å². The molecule has 0 aromatic heterocycles. The van der Waals surface area contributed by atoms with Gasteiger partial charge in [-0.15, -0.1) is 0 Å². The van der Waals surface area contributed by atoms with Crippen LogP contribution < -0.4 is 14.9 Å². The lowest BCUT2D eigenvalue weighted by Gasteiger charge is -2.26. The number of sulfonamides is 1. The molecule has 160 valence electrons. The quantitative estimate of drug-likeness (QED) is 0.754. The predicted molar refractivity (Wildman–Crippen MR) is 120 cm³/mol. The average Bonchev–Trinajstić information content (AvgIpc) is 3.15. The third-order valence-electron chi connectivity index (χ3n) is 6.28. The van der Waals surface area contributed by atoms with Crippen molar-refractivity contribution in [2.45, 2.75) is 63.3 Å². The molecule has 2 aromatic rings. The highest BCUT2D eigenvalue weighted by Crippen LogP contribution is 2.31. The number of rotatable bonds is 4. The van der Waals surface area contributed by atoms with Gasteiger partial charge in [0.2, 0.25) is 0 Å². The van der Waals surface area contributed by atoms with Crippen LogP contribution in [0, 0.1) is 13.8 Å². The standard InChI is InChI=1S/C23H29N3O3S/c1-16-7-6-10-21(17(16)2)25-30(28,29)20-11-12-22-18(15-20)13-14-26(22)23(27)24-19-8-4-3-5-9-19/h6-7,10-12,15,19,25H,3-5,8-9,13-14H2,1-2H3,(H,24,27). The van der Waals surface area contributed by atoms with Gasteiger partial charge in [0.1, 0.15) is 0 Å². The number of benzene rings is 2. The summed E-state index contributed by atoms with van der Waals surface area (Å²) in [5.41, 5.74) is 4.21. The maximum absolute atomic E-state index is 12.9. The summed E-state index contributed by atoms with van der Waals surface area (Å²) in [7, 11) is -3.70. The Morgan fingerprint density at radius 2 is 1.83 bits per heavy atom. The van der Waals surface area contributed by atoms with E-state index in [1.54, 1.807) is 29.2 Å². The number of carbonyl (C=O) groups is 1. The summed E-state index contributed by atoms with van der Waals surface area (Å²) in [6, 6.07) is 10.8. The number of nitrogens with one attached hydrogen (secondary N) is 2. The minimum Gasteiger partial charge on any atom is -0.335 e. The molecule has 1 fully saturated rings. The van der Waals surface area contributed by atoms with Gasteiger partial charge in [-0.1, -0.05) is 31.4 Å². The molecule has 4 rings (SSSR count). The van der Waals surface area contributed by atoms with Gasteiger partial charge in [0.15, 0.2) is 0 Å². The van der Waals surface area contributed by atoms with Crippen LogP contribution in [0.15, 0.2) is 41.3 Å². The highest BCUT2D eigenvalue weighted by atomic mass is 32.2. The maximum atomic E-state index is 12.9. The zero-order valence-electron chi connectivity index (χ0n) is 17.6. The summed E-state index contributed by atoms with van der Waals surface area (Å²) in [6.07, 6.45) is 6.29. The first-order chi connectivity index (χ1) is 14.3. The van der Waals surface area contributed by atoms with E-state index in [-0.39, 0.29) is 17.0 Å². The van der Waals surface area contributed by atoms with Crippen molar-refractivity contribution in [3.05, 3.63) is 53.1 Å². The van der Waals surface area contributed by atoms with Crippen molar-refractivity contribution in [3.8, 4) is 0 Å².